The third-order valence-electron chi connectivity index (χ3n) is 4.90. The van der Waals surface area contributed by atoms with E-state index in [1.54, 1.807) is 6.20 Å². The van der Waals surface area contributed by atoms with Gasteiger partial charge in [-0.2, -0.15) is 0 Å². The highest BCUT2D eigenvalue weighted by Gasteiger charge is 2.34. The number of hydrogen-bond acceptors (Lipinski definition) is 2. The first-order valence-electron chi connectivity index (χ1n) is 7.36. The molecule has 0 spiro atoms. The number of aromatic nitrogens is 1. The largest absolute Gasteiger partial charge is 0.397 e. The fraction of sp³-hybridized carbons (Fsp3) is 0.688. The number of nitrogen functional groups attached to an aromatic ring is 1. The molecule has 2 N–H and O–H groups in total. The minimum Gasteiger partial charge on any atom is -0.397 e. The van der Waals surface area contributed by atoms with E-state index < -0.39 is 0 Å². The lowest BCUT2D eigenvalue weighted by atomic mass is 9.65. The minimum atomic E-state index is 0.635. The number of nitrogens with two attached hydrogens (primary N) is 1. The van der Waals surface area contributed by atoms with E-state index in [0.29, 0.717) is 5.92 Å². The first-order valence-corrected chi connectivity index (χ1v) is 7.36. The molecule has 0 saturated heterocycles. The second-order valence-electron chi connectivity index (χ2n) is 5.89. The van der Waals surface area contributed by atoms with Gasteiger partial charge in [0.05, 0.1) is 11.9 Å². The maximum Gasteiger partial charge on any atom is 0.0535 e. The molecule has 2 rings (SSSR count). The number of anilines is 1. The van der Waals surface area contributed by atoms with Crippen molar-refractivity contribution in [1.82, 2.24) is 4.98 Å². The lowest BCUT2D eigenvalue weighted by molar-refractivity contribution is 0.137. The van der Waals surface area contributed by atoms with Crippen molar-refractivity contribution in [2.45, 2.75) is 52.4 Å². The third-order valence-corrected chi connectivity index (χ3v) is 4.90. The highest BCUT2D eigenvalue weighted by molar-refractivity contribution is 5.46. The molecule has 0 aromatic carbocycles. The van der Waals surface area contributed by atoms with Crippen LogP contribution in [0.25, 0.3) is 0 Å². The van der Waals surface area contributed by atoms with Gasteiger partial charge in [0.25, 0.3) is 0 Å². The van der Waals surface area contributed by atoms with Crippen LogP contribution in [0.2, 0.25) is 0 Å². The van der Waals surface area contributed by atoms with E-state index in [1.165, 1.54) is 31.2 Å². The van der Waals surface area contributed by atoms with Gasteiger partial charge in [-0.05, 0) is 48.1 Å². The molecule has 18 heavy (non-hydrogen) atoms. The minimum absolute atomic E-state index is 0.635. The summed E-state index contributed by atoms with van der Waals surface area (Å²) < 4.78 is 0. The van der Waals surface area contributed by atoms with Crippen molar-refractivity contribution in [3.05, 3.63) is 24.0 Å². The maximum absolute atomic E-state index is 6.09. The Hall–Kier alpha value is -1.05. The molecule has 1 saturated carbocycles. The summed E-state index contributed by atoms with van der Waals surface area (Å²) in [5, 5.41) is 0. The molecule has 1 fully saturated rings. The quantitative estimate of drug-likeness (QED) is 0.866. The summed E-state index contributed by atoms with van der Waals surface area (Å²) in [5.41, 5.74) is 8.29. The first kappa shape index (κ1) is 13.4. The highest BCUT2D eigenvalue weighted by atomic mass is 14.7. The first-order chi connectivity index (χ1) is 8.67. The second-order valence-corrected chi connectivity index (χ2v) is 5.89. The molecule has 4 unspecified atom stereocenters. The van der Waals surface area contributed by atoms with Crippen molar-refractivity contribution in [3.63, 3.8) is 0 Å². The van der Waals surface area contributed by atoms with Crippen LogP contribution in [-0.2, 0) is 0 Å². The van der Waals surface area contributed by atoms with Gasteiger partial charge in [0.15, 0.2) is 0 Å². The number of hydrogen-bond donors (Lipinski definition) is 1. The molecule has 0 bridgehead atoms. The van der Waals surface area contributed by atoms with Gasteiger partial charge in [-0.3, -0.25) is 4.98 Å². The van der Waals surface area contributed by atoms with Gasteiger partial charge < -0.3 is 5.73 Å². The van der Waals surface area contributed by atoms with Crippen molar-refractivity contribution >= 4 is 5.69 Å². The standard InChI is InChI=1S/C16H26N2/c1-4-12-9-13(8-11(3)14(12)5-2)15-6-7-18-10-16(15)17/h6-7,10-14H,4-5,8-9,17H2,1-3H3. The molecule has 2 nitrogen and oxygen atoms in total. The van der Waals surface area contributed by atoms with Crippen LogP contribution in [0.15, 0.2) is 18.5 Å². The topological polar surface area (TPSA) is 38.9 Å². The Morgan fingerprint density at radius 2 is 2.06 bits per heavy atom. The maximum atomic E-state index is 6.09. The van der Waals surface area contributed by atoms with Crippen molar-refractivity contribution in [2.75, 3.05) is 5.73 Å². The van der Waals surface area contributed by atoms with Crippen molar-refractivity contribution in [3.8, 4) is 0 Å². The fourth-order valence-electron chi connectivity index (χ4n) is 3.97. The van der Waals surface area contributed by atoms with Crippen LogP contribution >= 0.6 is 0 Å². The fourth-order valence-corrected chi connectivity index (χ4v) is 3.97. The summed E-state index contributed by atoms with van der Waals surface area (Å²) in [6, 6.07) is 2.12. The molecule has 0 amide bonds. The SMILES string of the molecule is CCC1CC(c2ccncc2N)CC(C)C1CC. The smallest absolute Gasteiger partial charge is 0.0535 e. The van der Waals surface area contributed by atoms with Crippen LogP contribution in [0, 0.1) is 17.8 Å². The zero-order chi connectivity index (χ0) is 13.1. The summed E-state index contributed by atoms with van der Waals surface area (Å²) in [7, 11) is 0. The normalized spacial score (nSPS) is 32.4. The Bertz CT molecular complexity index is 388. The number of pyridine rings is 1. The number of nitrogens with zero attached hydrogens (tertiary/aromatic N) is 1. The van der Waals surface area contributed by atoms with Crippen LogP contribution in [0.5, 0.6) is 0 Å². The highest BCUT2D eigenvalue weighted by Crippen LogP contribution is 2.46. The summed E-state index contributed by atoms with van der Waals surface area (Å²) in [4.78, 5) is 4.10. The summed E-state index contributed by atoms with van der Waals surface area (Å²) in [5.74, 6) is 3.20. The van der Waals surface area contributed by atoms with E-state index in [-0.39, 0.29) is 0 Å². The molecule has 0 aliphatic heterocycles. The van der Waals surface area contributed by atoms with E-state index in [2.05, 4.69) is 31.8 Å². The van der Waals surface area contributed by atoms with Gasteiger partial charge in [0.2, 0.25) is 0 Å². The lowest BCUT2D eigenvalue weighted by Gasteiger charge is -2.40. The Morgan fingerprint density at radius 1 is 1.28 bits per heavy atom. The predicted octanol–water partition coefficient (Wildman–Crippen LogP) is 4.23. The predicted molar refractivity (Wildman–Crippen MR) is 77.4 cm³/mol. The van der Waals surface area contributed by atoms with Gasteiger partial charge in [-0.25, -0.2) is 0 Å². The van der Waals surface area contributed by atoms with Crippen LogP contribution in [0.1, 0.15) is 57.9 Å². The Balaban J connectivity index is 2.20. The molecule has 1 aromatic rings. The molecule has 1 aliphatic carbocycles. The number of rotatable bonds is 3. The lowest BCUT2D eigenvalue weighted by Crippen LogP contribution is -2.30. The molecular weight excluding hydrogens is 220 g/mol. The van der Waals surface area contributed by atoms with Crippen LogP contribution in [0.4, 0.5) is 5.69 Å². The van der Waals surface area contributed by atoms with E-state index in [9.17, 15) is 0 Å². The van der Waals surface area contributed by atoms with E-state index in [1.807, 2.05) is 6.20 Å². The summed E-state index contributed by atoms with van der Waals surface area (Å²) in [6.07, 6.45) is 8.87. The Labute approximate surface area is 111 Å². The van der Waals surface area contributed by atoms with Gasteiger partial charge in [-0.1, -0.05) is 33.6 Å². The average molecular weight is 246 g/mol. The third kappa shape index (κ3) is 2.52. The van der Waals surface area contributed by atoms with Crippen molar-refractivity contribution < 1.29 is 0 Å². The molecule has 100 valence electrons. The van der Waals surface area contributed by atoms with Crippen molar-refractivity contribution in [1.29, 1.82) is 0 Å². The van der Waals surface area contributed by atoms with E-state index in [4.69, 9.17) is 5.73 Å². The molecule has 4 atom stereocenters. The molecule has 1 aliphatic rings. The molecule has 1 aromatic heterocycles. The Kier molecular flexibility index (Phi) is 4.26. The van der Waals surface area contributed by atoms with E-state index >= 15 is 0 Å². The van der Waals surface area contributed by atoms with Crippen molar-refractivity contribution in [2.24, 2.45) is 17.8 Å². The van der Waals surface area contributed by atoms with Crippen LogP contribution in [-0.4, -0.2) is 4.98 Å². The molecule has 1 heterocycles. The van der Waals surface area contributed by atoms with Crippen LogP contribution in [0.3, 0.4) is 0 Å². The Morgan fingerprint density at radius 3 is 2.67 bits per heavy atom. The van der Waals surface area contributed by atoms with Gasteiger partial charge in [0.1, 0.15) is 0 Å². The average Bonchev–Trinajstić information content (AvgIpc) is 2.38. The zero-order valence-corrected chi connectivity index (χ0v) is 11.9. The summed E-state index contributed by atoms with van der Waals surface area (Å²) in [6.45, 7) is 7.09. The molecule has 0 radical (unpaired) electrons. The van der Waals surface area contributed by atoms with Crippen LogP contribution < -0.4 is 5.73 Å². The van der Waals surface area contributed by atoms with E-state index in [0.717, 1.165) is 23.4 Å². The summed E-state index contributed by atoms with van der Waals surface area (Å²) >= 11 is 0. The van der Waals surface area contributed by atoms with Gasteiger partial charge in [0, 0.05) is 6.20 Å². The monoisotopic (exact) mass is 246 g/mol. The second kappa shape index (κ2) is 5.73. The molecule has 2 heteroatoms. The zero-order valence-electron chi connectivity index (χ0n) is 11.9. The molecular formula is C16H26N2. The van der Waals surface area contributed by atoms with Gasteiger partial charge in [-0.15, -0.1) is 0 Å². The van der Waals surface area contributed by atoms with Gasteiger partial charge >= 0.3 is 0 Å².